The Kier molecular flexibility index (Phi) is 8.11. The predicted octanol–water partition coefficient (Wildman–Crippen LogP) is 2.17. The molecule has 0 aliphatic carbocycles. The molecule has 0 heterocycles. The van der Waals surface area contributed by atoms with E-state index in [0.29, 0.717) is 0 Å². The Morgan fingerprint density at radius 3 is 2.08 bits per heavy atom. The number of rotatable bonds is 8. The van der Waals surface area contributed by atoms with Gasteiger partial charge in [0, 0.05) is 13.1 Å². The molecule has 0 radical (unpaired) electrons. The first kappa shape index (κ1) is 11.8. The summed E-state index contributed by atoms with van der Waals surface area (Å²) in [5.74, 6) is 2.15. The van der Waals surface area contributed by atoms with Crippen molar-refractivity contribution >= 4 is 7.28 Å². The Hall–Kier alpha value is -1.18. The largest absolute Gasteiger partial charge is 0.371 e. The van der Waals surface area contributed by atoms with Crippen molar-refractivity contribution in [3.05, 3.63) is 50.1 Å². The number of hydrogen-bond donors (Lipinski definition) is 0. The zero-order valence-corrected chi connectivity index (χ0v) is 8.28. The van der Waals surface area contributed by atoms with E-state index in [1.807, 2.05) is 18.2 Å². The van der Waals surface area contributed by atoms with Gasteiger partial charge in [-0.15, -0.1) is 25.7 Å². The van der Waals surface area contributed by atoms with Gasteiger partial charge in [0.15, 0.2) is 7.28 Å². The Balaban J connectivity index is 3.76. The van der Waals surface area contributed by atoms with Crippen molar-refractivity contribution in [3.8, 4) is 0 Å². The highest BCUT2D eigenvalue weighted by Crippen LogP contribution is 1.91. The summed E-state index contributed by atoms with van der Waals surface area (Å²) in [5.41, 5.74) is 0. The molecule has 0 spiro atoms. The SMILES string of the molecule is C=CCBC=CN(CC=C)CC=C. The Morgan fingerprint density at radius 1 is 1.00 bits per heavy atom. The van der Waals surface area contributed by atoms with Crippen LogP contribution in [0.3, 0.4) is 0 Å². The van der Waals surface area contributed by atoms with Gasteiger partial charge in [0.1, 0.15) is 0 Å². The van der Waals surface area contributed by atoms with Gasteiger partial charge in [0.2, 0.25) is 0 Å². The van der Waals surface area contributed by atoms with Crippen molar-refractivity contribution in [2.45, 2.75) is 6.32 Å². The maximum atomic E-state index is 3.70. The average Bonchev–Trinajstić information content (AvgIpc) is 2.13. The third-order valence-electron chi connectivity index (χ3n) is 1.58. The van der Waals surface area contributed by atoms with Crippen LogP contribution < -0.4 is 0 Å². The van der Waals surface area contributed by atoms with Gasteiger partial charge in [0.05, 0.1) is 0 Å². The number of nitrogens with zero attached hydrogens (tertiary/aromatic N) is 1. The highest BCUT2D eigenvalue weighted by atomic mass is 15.1. The molecule has 0 aromatic rings. The van der Waals surface area contributed by atoms with Gasteiger partial charge in [-0.2, -0.15) is 0 Å². The normalized spacial score (nSPS) is 9.54. The van der Waals surface area contributed by atoms with Gasteiger partial charge in [-0.3, -0.25) is 0 Å². The molecule has 0 unspecified atom stereocenters. The van der Waals surface area contributed by atoms with Crippen molar-refractivity contribution in [2.75, 3.05) is 13.1 Å². The third kappa shape index (κ3) is 7.19. The minimum atomic E-state index is 0.872. The van der Waals surface area contributed by atoms with Crippen molar-refractivity contribution in [2.24, 2.45) is 0 Å². The Labute approximate surface area is 82.4 Å². The molecule has 0 atom stereocenters. The standard InChI is InChI=1S/C11H18BN/c1-4-7-12-8-11-13(9-5-2)10-6-3/h4-6,8,11-12H,1-3,7,9-10H2. The molecule has 0 saturated carbocycles. The molecule has 0 N–H and O–H groups in total. The van der Waals surface area contributed by atoms with Crippen LogP contribution in [0, 0.1) is 0 Å². The summed E-state index contributed by atoms with van der Waals surface area (Å²) in [4.78, 5) is 2.16. The second-order valence-corrected chi connectivity index (χ2v) is 2.78. The molecular weight excluding hydrogens is 157 g/mol. The van der Waals surface area contributed by atoms with Crippen LogP contribution in [0.4, 0.5) is 0 Å². The first-order valence-electron chi connectivity index (χ1n) is 4.58. The van der Waals surface area contributed by atoms with Gasteiger partial charge in [-0.25, -0.2) is 0 Å². The van der Waals surface area contributed by atoms with Crippen LogP contribution in [0.2, 0.25) is 6.32 Å². The van der Waals surface area contributed by atoms with Crippen LogP contribution in [0.15, 0.2) is 50.1 Å². The summed E-state index contributed by atoms with van der Waals surface area (Å²) in [7, 11) is 1.05. The van der Waals surface area contributed by atoms with Gasteiger partial charge in [-0.1, -0.05) is 24.5 Å². The molecule has 0 saturated heterocycles. The summed E-state index contributed by atoms with van der Waals surface area (Å²) >= 11 is 0. The lowest BCUT2D eigenvalue weighted by molar-refractivity contribution is 0.463. The third-order valence-corrected chi connectivity index (χ3v) is 1.58. The molecule has 0 fully saturated rings. The van der Waals surface area contributed by atoms with E-state index in [4.69, 9.17) is 0 Å². The zero-order valence-electron chi connectivity index (χ0n) is 8.28. The fourth-order valence-electron chi connectivity index (χ4n) is 0.966. The van der Waals surface area contributed by atoms with Crippen LogP contribution in [-0.2, 0) is 0 Å². The van der Waals surface area contributed by atoms with Gasteiger partial charge in [-0.05, 0) is 6.20 Å². The lowest BCUT2D eigenvalue weighted by atomic mass is 9.75. The molecule has 13 heavy (non-hydrogen) atoms. The minimum absolute atomic E-state index is 0.872. The Bertz CT molecular complexity index is 175. The monoisotopic (exact) mass is 175 g/mol. The molecule has 0 aromatic heterocycles. The van der Waals surface area contributed by atoms with E-state index in [2.05, 4.69) is 36.8 Å². The van der Waals surface area contributed by atoms with Crippen LogP contribution in [-0.4, -0.2) is 25.3 Å². The second-order valence-electron chi connectivity index (χ2n) is 2.78. The van der Waals surface area contributed by atoms with E-state index >= 15 is 0 Å². The molecule has 0 rings (SSSR count). The first-order valence-corrected chi connectivity index (χ1v) is 4.58. The lowest BCUT2D eigenvalue weighted by Gasteiger charge is -2.15. The smallest absolute Gasteiger partial charge is 0.153 e. The van der Waals surface area contributed by atoms with Gasteiger partial charge < -0.3 is 4.90 Å². The van der Waals surface area contributed by atoms with E-state index in [1.54, 1.807) is 0 Å². The van der Waals surface area contributed by atoms with Crippen LogP contribution in [0.5, 0.6) is 0 Å². The van der Waals surface area contributed by atoms with Crippen molar-refractivity contribution < 1.29 is 0 Å². The molecule has 70 valence electrons. The molecule has 0 aliphatic heterocycles. The van der Waals surface area contributed by atoms with Crippen LogP contribution in [0.1, 0.15) is 0 Å². The summed E-state index contributed by atoms with van der Waals surface area (Å²) in [6.07, 6.45) is 8.83. The van der Waals surface area contributed by atoms with E-state index < -0.39 is 0 Å². The average molecular weight is 175 g/mol. The highest BCUT2D eigenvalue weighted by Gasteiger charge is 1.90. The fraction of sp³-hybridized carbons (Fsp3) is 0.273. The summed E-state index contributed by atoms with van der Waals surface area (Å²) in [5, 5.41) is 0. The molecule has 0 bridgehead atoms. The molecule has 2 heteroatoms. The number of hydrogen-bond acceptors (Lipinski definition) is 1. The van der Waals surface area contributed by atoms with Crippen molar-refractivity contribution in [1.82, 2.24) is 4.90 Å². The van der Waals surface area contributed by atoms with E-state index in [0.717, 1.165) is 26.7 Å². The summed E-state index contributed by atoms with van der Waals surface area (Å²) in [6.45, 7) is 12.8. The van der Waals surface area contributed by atoms with E-state index in [1.165, 1.54) is 0 Å². The lowest BCUT2D eigenvalue weighted by Crippen LogP contribution is -2.16. The van der Waals surface area contributed by atoms with E-state index in [9.17, 15) is 0 Å². The summed E-state index contributed by atoms with van der Waals surface area (Å²) in [6, 6.07) is 0. The highest BCUT2D eigenvalue weighted by molar-refractivity contribution is 6.42. The van der Waals surface area contributed by atoms with Crippen molar-refractivity contribution in [3.63, 3.8) is 0 Å². The zero-order chi connectivity index (χ0) is 9.94. The topological polar surface area (TPSA) is 3.24 Å². The minimum Gasteiger partial charge on any atom is -0.371 e. The fourth-order valence-corrected chi connectivity index (χ4v) is 0.966. The Morgan fingerprint density at radius 2 is 1.62 bits per heavy atom. The number of allylic oxidation sites excluding steroid dienone is 1. The molecule has 1 nitrogen and oxygen atoms in total. The van der Waals surface area contributed by atoms with Crippen molar-refractivity contribution in [1.29, 1.82) is 0 Å². The predicted molar refractivity (Wildman–Crippen MR) is 63.3 cm³/mol. The molecular formula is C11H18BN. The van der Waals surface area contributed by atoms with Crippen LogP contribution in [0.25, 0.3) is 0 Å². The maximum Gasteiger partial charge on any atom is 0.153 e. The van der Waals surface area contributed by atoms with Gasteiger partial charge >= 0.3 is 0 Å². The van der Waals surface area contributed by atoms with E-state index in [-0.39, 0.29) is 0 Å². The molecule has 0 aromatic carbocycles. The first-order chi connectivity index (χ1) is 6.35. The second kappa shape index (κ2) is 8.92. The van der Waals surface area contributed by atoms with Gasteiger partial charge in [0.25, 0.3) is 0 Å². The van der Waals surface area contributed by atoms with Crippen LogP contribution >= 0.6 is 0 Å². The molecule has 0 aliphatic rings. The molecule has 0 amide bonds. The summed E-state index contributed by atoms with van der Waals surface area (Å²) < 4.78 is 0. The quantitative estimate of drug-likeness (QED) is 0.310. The maximum absolute atomic E-state index is 3.70.